The minimum Gasteiger partial charge on any atom is -0.248 e. The summed E-state index contributed by atoms with van der Waals surface area (Å²) in [5.74, 6) is 0.617. The maximum Gasteiger partial charge on any atom is 0.106 e. The Hall–Kier alpha value is 0.110. The second kappa shape index (κ2) is 3.49. The molecule has 0 saturated heterocycles. The standard InChI is InChI=1S/C7H10BrNS/c1-5(2)6(8)7-9-3-4-10-7/h3-6H,1-2H3. The Labute approximate surface area is 73.6 Å². The highest BCUT2D eigenvalue weighted by Gasteiger charge is 2.13. The Kier molecular flexibility index (Phi) is 2.86. The Morgan fingerprint density at radius 1 is 1.60 bits per heavy atom. The van der Waals surface area contributed by atoms with Crippen molar-refractivity contribution in [1.29, 1.82) is 0 Å². The summed E-state index contributed by atoms with van der Waals surface area (Å²) >= 11 is 5.28. The van der Waals surface area contributed by atoms with E-state index in [0.717, 1.165) is 0 Å². The third kappa shape index (κ3) is 1.80. The molecular weight excluding hydrogens is 210 g/mol. The second-order valence-electron chi connectivity index (χ2n) is 2.52. The van der Waals surface area contributed by atoms with Crippen LogP contribution in [0, 0.1) is 5.92 Å². The van der Waals surface area contributed by atoms with E-state index in [1.165, 1.54) is 5.01 Å². The van der Waals surface area contributed by atoms with Gasteiger partial charge in [-0.25, -0.2) is 4.98 Å². The fourth-order valence-corrected chi connectivity index (χ4v) is 1.88. The number of nitrogens with zero attached hydrogens (tertiary/aromatic N) is 1. The SMILES string of the molecule is CC(C)C(Br)c1nccs1. The number of halogens is 1. The highest BCUT2D eigenvalue weighted by Crippen LogP contribution is 2.31. The minimum atomic E-state index is 0.424. The van der Waals surface area contributed by atoms with Crippen molar-refractivity contribution in [2.24, 2.45) is 5.92 Å². The predicted octanol–water partition coefficient (Wildman–Crippen LogP) is 3.24. The number of rotatable bonds is 2. The molecule has 0 radical (unpaired) electrons. The molecule has 1 aromatic heterocycles. The lowest BCUT2D eigenvalue weighted by molar-refractivity contribution is 0.638. The number of aromatic nitrogens is 1. The molecule has 0 bridgehead atoms. The Balaban J connectivity index is 2.68. The van der Waals surface area contributed by atoms with Crippen LogP contribution in [0.4, 0.5) is 0 Å². The molecule has 0 aromatic carbocycles. The van der Waals surface area contributed by atoms with Crippen molar-refractivity contribution in [2.75, 3.05) is 0 Å². The van der Waals surface area contributed by atoms with Gasteiger partial charge in [-0.15, -0.1) is 11.3 Å². The molecule has 0 aliphatic rings. The molecule has 0 fully saturated rings. The molecular formula is C7H10BrNS. The van der Waals surface area contributed by atoms with Gasteiger partial charge >= 0.3 is 0 Å². The third-order valence-corrected chi connectivity index (χ3v) is 3.93. The quantitative estimate of drug-likeness (QED) is 0.697. The molecule has 0 amide bonds. The molecule has 56 valence electrons. The predicted molar refractivity (Wildman–Crippen MR) is 48.6 cm³/mol. The minimum absolute atomic E-state index is 0.424. The molecule has 0 N–H and O–H groups in total. The summed E-state index contributed by atoms with van der Waals surface area (Å²) in [6.07, 6.45) is 1.84. The van der Waals surface area contributed by atoms with Crippen LogP contribution in [0.5, 0.6) is 0 Å². The monoisotopic (exact) mass is 219 g/mol. The molecule has 1 rings (SSSR count). The Morgan fingerprint density at radius 2 is 2.30 bits per heavy atom. The highest BCUT2D eigenvalue weighted by molar-refractivity contribution is 9.09. The van der Waals surface area contributed by atoms with Crippen molar-refractivity contribution < 1.29 is 0 Å². The Morgan fingerprint density at radius 3 is 2.70 bits per heavy atom. The fourth-order valence-electron chi connectivity index (χ4n) is 0.656. The average molecular weight is 220 g/mol. The normalized spacial score (nSPS) is 14.0. The lowest BCUT2D eigenvalue weighted by atomic mass is 10.1. The molecule has 1 nitrogen and oxygen atoms in total. The molecule has 1 aromatic rings. The summed E-state index contributed by atoms with van der Waals surface area (Å²) in [6.45, 7) is 4.36. The first-order valence-electron chi connectivity index (χ1n) is 3.25. The first-order chi connectivity index (χ1) is 4.72. The third-order valence-electron chi connectivity index (χ3n) is 1.27. The summed E-state index contributed by atoms with van der Waals surface area (Å²) in [4.78, 5) is 4.63. The van der Waals surface area contributed by atoms with Gasteiger partial charge < -0.3 is 0 Å². The zero-order valence-electron chi connectivity index (χ0n) is 6.04. The van der Waals surface area contributed by atoms with Gasteiger partial charge in [-0.05, 0) is 5.92 Å². The van der Waals surface area contributed by atoms with E-state index in [1.54, 1.807) is 11.3 Å². The summed E-state index contributed by atoms with van der Waals surface area (Å²) in [6, 6.07) is 0. The van der Waals surface area contributed by atoms with E-state index in [-0.39, 0.29) is 0 Å². The van der Waals surface area contributed by atoms with Crippen molar-refractivity contribution in [2.45, 2.75) is 18.7 Å². The molecule has 0 aliphatic heterocycles. The van der Waals surface area contributed by atoms with Gasteiger partial charge in [0.25, 0.3) is 0 Å². The summed E-state index contributed by atoms with van der Waals surface area (Å²) in [5.41, 5.74) is 0. The van der Waals surface area contributed by atoms with E-state index in [1.807, 2.05) is 11.6 Å². The van der Waals surface area contributed by atoms with Crippen LogP contribution in [0.25, 0.3) is 0 Å². The molecule has 0 aliphatic carbocycles. The lowest BCUT2D eigenvalue weighted by Crippen LogP contribution is -1.96. The number of hydrogen-bond donors (Lipinski definition) is 0. The van der Waals surface area contributed by atoms with Crippen molar-refractivity contribution >= 4 is 27.3 Å². The van der Waals surface area contributed by atoms with Crippen LogP contribution in [0.1, 0.15) is 23.7 Å². The number of alkyl halides is 1. The van der Waals surface area contributed by atoms with Crippen LogP contribution in [0.3, 0.4) is 0 Å². The lowest BCUT2D eigenvalue weighted by Gasteiger charge is -2.08. The van der Waals surface area contributed by atoms with Gasteiger partial charge in [-0.3, -0.25) is 0 Å². The zero-order chi connectivity index (χ0) is 7.56. The summed E-state index contributed by atoms with van der Waals surface area (Å²) < 4.78 is 0. The van der Waals surface area contributed by atoms with E-state index in [9.17, 15) is 0 Å². The van der Waals surface area contributed by atoms with E-state index in [4.69, 9.17) is 0 Å². The van der Waals surface area contributed by atoms with Crippen molar-refractivity contribution in [3.05, 3.63) is 16.6 Å². The molecule has 10 heavy (non-hydrogen) atoms. The summed E-state index contributed by atoms with van der Waals surface area (Å²) in [7, 11) is 0. The van der Waals surface area contributed by atoms with Crippen molar-refractivity contribution in [3.8, 4) is 0 Å². The zero-order valence-corrected chi connectivity index (χ0v) is 8.45. The molecule has 1 unspecified atom stereocenters. The van der Waals surface area contributed by atoms with Crippen LogP contribution in [0.2, 0.25) is 0 Å². The van der Waals surface area contributed by atoms with Crippen LogP contribution >= 0.6 is 27.3 Å². The smallest absolute Gasteiger partial charge is 0.106 e. The van der Waals surface area contributed by atoms with E-state index in [0.29, 0.717) is 10.7 Å². The van der Waals surface area contributed by atoms with E-state index >= 15 is 0 Å². The van der Waals surface area contributed by atoms with Crippen LogP contribution in [0.15, 0.2) is 11.6 Å². The van der Waals surface area contributed by atoms with Crippen molar-refractivity contribution in [1.82, 2.24) is 4.98 Å². The first kappa shape index (κ1) is 8.21. The topological polar surface area (TPSA) is 12.9 Å². The van der Waals surface area contributed by atoms with E-state index < -0.39 is 0 Å². The molecule has 3 heteroatoms. The van der Waals surface area contributed by atoms with Gasteiger partial charge in [0.05, 0.1) is 4.83 Å². The maximum atomic E-state index is 4.21. The largest absolute Gasteiger partial charge is 0.248 e. The Bertz CT molecular complexity index is 183. The van der Waals surface area contributed by atoms with Gasteiger partial charge in [0.15, 0.2) is 0 Å². The first-order valence-corrected chi connectivity index (χ1v) is 5.05. The van der Waals surface area contributed by atoms with Crippen LogP contribution < -0.4 is 0 Å². The van der Waals surface area contributed by atoms with Gasteiger partial charge in [0.1, 0.15) is 5.01 Å². The molecule has 0 saturated carbocycles. The van der Waals surface area contributed by atoms with Gasteiger partial charge in [0.2, 0.25) is 0 Å². The fraction of sp³-hybridized carbons (Fsp3) is 0.571. The molecule has 1 atom stereocenters. The molecule has 1 heterocycles. The maximum absolute atomic E-state index is 4.21. The second-order valence-corrected chi connectivity index (χ2v) is 4.43. The van der Waals surface area contributed by atoms with Gasteiger partial charge in [0, 0.05) is 11.6 Å². The van der Waals surface area contributed by atoms with Crippen LogP contribution in [-0.4, -0.2) is 4.98 Å². The number of hydrogen-bond acceptors (Lipinski definition) is 2. The average Bonchev–Trinajstić information content (AvgIpc) is 2.36. The van der Waals surface area contributed by atoms with Crippen LogP contribution in [-0.2, 0) is 0 Å². The van der Waals surface area contributed by atoms with E-state index in [2.05, 4.69) is 34.8 Å². The van der Waals surface area contributed by atoms with Gasteiger partial charge in [-0.2, -0.15) is 0 Å². The van der Waals surface area contributed by atoms with Gasteiger partial charge in [-0.1, -0.05) is 29.8 Å². The molecule has 0 spiro atoms. The number of thiazole rings is 1. The summed E-state index contributed by atoms with van der Waals surface area (Å²) in [5, 5.41) is 3.18. The highest BCUT2D eigenvalue weighted by atomic mass is 79.9. The van der Waals surface area contributed by atoms with Crippen molar-refractivity contribution in [3.63, 3.8) is 0 Å².